The Morgan fingerprint density at radius 2 is 1.91 bits per heavy atom. The number of aryl methyl sites for hydroxylation is 1. The van der Waals surface area contributed by atoms with Crippen LogP contribution in [0.2, 0.25) is 0 Å². The van der Waals surface area contributed by atoms with E-state index in [-0.39, 0.29) is 0 Å². The van der Waals surface area contributed by atoms with Gasteiger partial charge in [-0.1, -0.05) is 0 Å². The van der Waals surface area contributed by atoms with Gasteiger partial charge in [-0.2, -0.15) is 0 Å². The van der Waals surface area contributed by atoms with Crippen LogP contribution in [0.25, 0.3) is 0 Å². The molecule has 1 aromatic rings. The minimum Gasteiger partial charge on any atom is -0.354 e. The average Bonchev–Trinajstić information content (AvgIpc) is 3.46. The maximum absolute atomic E-state index is 4.75. The third kappa shape index (κ3) is 3.65. The summed E-state index contributed by atoms with van der Waals surface area (Å²) in [5.41, 5.74) is 0. The summed E-state index contributed by atoms with van der Waals surface area (Å²) >= 11 is 0. The van der Waals surface area contributed by atoms with Crippen LogP contribution >= 0.6 is 0 Å². The van der Waals surface area contributed by atoms with Crippen LogP contribution in [-0.2, 0) is 13.6 Å². The Bertz CT molecular complexity index is 585. The van der Waals surface area contributed by atoms with Crippen molar-refractivity contribution in [1.82, 2.24) is 30.3 Å². The quantitative estimate of drug-likeness (QED) is 0.613. The molecular weight excluding hydrogens is 290 g/mol. The highest BCUT2D eigenvalue weighted by Gasteiger charge is 2.35. The molecule has 0 aromatic carbocycles. The molecule has 2 N–H and O–H groups in total. The van der Waals surface area contributed by atoms with Crippen molar-refractivity contribution in [3.63, 3.8) is 0 Å². The first kappa shape index (κ1) is 14.9. The van der Waals surface area contributed by atoms with Crippen molar-refractivity contribution in [1.29, 1.82) is 0 Å². The van der Waals surface area contributed by atoms with Gasteiger partial charge in [0.25, 0.3) is 0 Å². The van der Waals surface area contributed by atoms with Crippen LogP contribution in [-0.4, -0.2) is 56.8 Å². The predicted molar refractivity (Wildman–Crippen MR) is 89.2 cm³/mol. The summed E-state index contributed by atoms with van der Waals surface area (Å²) in [5.74, 6) is 2.77. The lowest BCUT2D eigenvalue weighted by atomic mass is 10.3. The van der Waals surface area contributed by atoms with E-state index in [0.717, 1.165) is 30.2 Å². The first-order valence-corrected chi connectivity index (χ1v) is 8.85. The monoisotopic (exact) mass is 317 g/mol. The first-order valence-electron chi connectivity index (χ1n) is 8.85. The average molecular weight is 317 g/mol. The van der Waals surface area contributed by atoms with Gasteiger partial charge < -0.3 is 15.2 Å². The van der Waals surface area contributed by atoms with Gasteiger partial charge in [-0.05, 0) is 39.0 Å². The van der Waals surface area contributed by atoms with Crippen LogP contribution in [0.5, 0.6) is 0 Å². The number of aliphatic imine (C=N–C) groups is 1. The third-order valence-electron chi connectivity index (χ3n) is 5.10. The number of likely N-dealkylation sites (tertiary alicyclic amines) is 1. The van der Waals surface area contributed by atoms with Gasteiger partial charge >= 0.3 is 0 Å². The lowest BCUT2D eigenvalue weighted by molar-refractivity contribution is 0.321. The second kappa shape index (κ2) is 6.11. The van der Waals surface area contributed by atoms with Gasteiger partial charge in [0.15, 0.2) is 11.8 Å². The number of nitrogens with one attached hydrogen (secondary N) is 2. The lowest BCUT2D eigenvalue weighted by Gasteiger charge is -2.18. The van der Waals surface area contributed by atoms with Gasteiger partial charge in [0.2, 0.25) is 0 Å². The van der Waals surface area contributed by atoms with E-state index in [4.69, 9.17) is 4.99 Å². The number of hydrogen-bond donors (Lipinski definition) is 2. The molecule has 0 spiro atoms. The number of aromatic nitrogens is 3. The summed E-state index contributed by atoms with van der Waals surface area (Å²) in [6, 6.07) is 1.98. The molecule has 1 unspecified atom stereocenters. The molecule has 0 radical (unpaired) electrons. The first-order chi connectivity index (χ1) is 11.2. The van der Waals surface area contributed by atoms with Crippen LogP contribution in [0.4, 0.5) is 0 Å². The van der Waals surface area contributed by atoms with Crippen molar-refractivity contribution >= 4 is 5.96 Å². The van der Waals surface area contributed by atoms with Gasteiger partial charge in [0, 0.05) is 38.3 Å². The molecular formula is C16H27N7. The number of guanidine groups is 1. The highest BCUT2D eigenvalue weighted by molar-refractivity contribution is 5.80. The second-order valence-corrected chi connectivity index (χ2v) is 7.16. The highest BCUT2D eigenvalue weighted by atomic mass is 15.3. The Hall–Kier alpha value is -1.63. The van der Waals surface area contributed by atoms with Gasteiger partial charge in [-0.25, -0.2) is 4.99 Å². The summed E-state index contributed by atoms with van der Waals surface area (Å²) < 4.78 is 2.00. The Balaban J connectivity index is 1.37. The van der Waals surface area contributed by atoms with E-state index < -0.39 is 0 Å². The highest BCUT2D eigenvalue weighted by Crippen LogP contribution is 2.29. The van der Waals surface area contributed by atoms with E-state index in [2.05, 4.69) is 25.7 Å². The summed E-state index contributed by atoms with van der Waals surface area (Å²) in [6.07, 6.45) is 6.50. The van der Waals surface area contributed by atoms with Gasteiger partial charge in [-0.15, -0.1) is 10.2 Å². The Labute approximate surface area is 137 Å². The van der Waals surface area contributed by atoms with Gasteiger partial charge in [0.05, 0.1) is 0 Å². The smallest absolute Gasteiger partial charge is 0.192 e. The third-order valence-corrected chi connectivity index (χ3v) is 5.10. The Kier molecular flexibility index (Phi) is 3.97. The molecule has 1 saturated heterocycles. The SMILES string of the molecule is Cc1nnc(CN=C(NC2CC2)NC2CCN(C3CC3)C2)n1C. The van der Waals surface area contributed by atoms with Crippen LogP contribution in [0.15, 0.2) is 4.99 Å². The van der Waals surface area contributed by atoms with Crippen molar-refractivity contribution in [2.24, 2.45) is 12.0 Å². The largest absolute Gasteiger partial charge is 0.354 e. The zero-order valence-corrected chi connectivity index (χ0v) is 14.1. The molecule has 2 aliphatic carbocycles. The summed E-state index contributed by atoms with van der Waals surface area (Å²) in [5, 5.41) is 15.5. The molecule has 7 nitrogen and oxygen atoms in total. The van der Waals surface area contributed by atoms with Crippen molar-refractivity contribution < 1.29 is 0 Å². The van der Waals surface area contributed by atoms with Crippen molar-refractivity contribution in [2.45, 2.75) is 63.7 Å². The molecule has 7 heteroatoms. The topological polar surface area (TPSA) is 70.4 Å². The van der Waals surface area contributed by atoms with Crippen LogP contribution in [0.1, 0.15) is 43.8 Å². The van der Waals surface area contributed by atoms with E-state index in [0.29, 0.717) is 18.6 Å². The van der Waals surface area contributed by atoms with Crippen LogP contribution in [0, 0.1) is 6.92 Å². The van der Waals surface area contributed by atoms with E-state index in [1.807, 2.05) is 18.5 Å². The zero-order chi connectivity index (χ0) is 15.8. The minimum atomic E-state index is 0.516. The molecule has 23 heavy (non-hydrogen) atoms. The molecule has 0 bridgehead atoms. The zero-order valence-electron chi connectivity index (χ0n) is 14.1. The Morgan fingerprint density at radius 3 is 2.57 bits per heavy atom. The number of hydrogen-bond acceptors (Lipinski definition) is 4. The normalized spacial score (nSPS) is 25.8. The molecule has 3 aliphatic rings. The fraction of sp³-hybridized carbons (Fsp3) is 0.812. The van der Waals surface area contributed by atoms with Crippen molar-refractivity contribution in [3.05, 3.63) is 11.6 Å². The molecule has 126 valence electrons. The van der Waals surface area contributed by atoms with E-state index in [9.17, 15) is 0 Å². The minimum absolute atomic E-state index is 0.516. The number of nitrogens with zero attached hydrogens (tertiary/aromatic N) is 5. The fourth-order valence-corrected chi connectivity index (χ4v) is 3.16. The van der Waals surface area contributed by atoms with Crippen LogP contribution < -0.4 is 10.6 Å². The molecule has 1 aliphatic heterocycles. The molecule has 2 heterocycles. The lowest BCUT2D eigenvalue weighted by Crippen LogP contribution is -2.45. The standard InChI is InChI=1S/C16H27N7/c1-11-20-21-15(22(11)2)9-17-16(18-12-3-4-12)19-13-7-8-23(10-13)14-5-6-14/h12-14H,3-10H2,1-2H3,(H2,17,18,19). The van der Waals surface area contributed by atoms with E-state index in [1.54, 1.807) is 0 Å². The van der Waals surface area contributed by atoms with Gasteiger partial charge in [0.1, 0.15) is 12.4 Å². The van der Waals surface area contributed by atoms with Crippen molar-refractivity contribution in [3.8, 4) is 0 Å². The molecule has 3 fully saturated rings. The summed E-state index contributed by atoms with van der Waals surface area (Å²) in [4.78, 5) is 7.37. The van der Waals surface area contributed by atoms with E-state index in [1.165, 1.54) is 38.6 Å². The molecule has 1 aromatic heterocycles. The number of rotatable bonds is 5. The molecule has 4 rings (SSSR count). The van der Waals surface area contributed by atoms with E-state index >= 15 is 0 Å². The van der Waals surface area contributed by atoms with Crippen LogP contribution in [0.3, 0.4) is 0 Å². The van der Waals surface area contributed by atoms with Gasteiger partial charge in [-0.3, -0.25) is 4.90 Å². The summed E-state index contributed by atoms with van der Waals surface area (Å²) in [6.45, 7) is 4.91. The maximum atomic E-state index is 4.75. The molecule has 2 saturated carbocycles. The fourth-order valence-electron chi connectivity index (χ4n) is 3.16. The summed E-state index contributed by atoms with van der Waals surface area (Å²) in [7, 11) is 1.99. The second-order valence-electron chi connectivity index (χ2n) is 7.16. The molecule has 1 atom stereocenters. The predicted octanol–water partition coefficient (Wildman–Crippen LogP) is 0.558. The maximum Gasteiger partial charge on any atom is 0.192 e. The van der Waals surface area contributed by atoms with Crippen molar-refractivity contribution in [2.75, 3.05) is 13.1 Å². The Morgan fingerprint density at radius 1 is 1.13 bits per heavy atom. The molecule has 0 amide bonds.